The summed E-state index contributed by atoms with van der Waals surface area (Å²) in [5, 5.41) is 14.4. The van der Waals surface area contributed by atoms with Gasteiger partial charge < -0.3 is 10.1 Å². The summed E-state index contributed by atoms with van der Waals surface area (Å²) in [4.78, 5) is 15.7. The van der Waals surface area contributed by atoms with Crippen LogP contribution in [0.4, 0.5) is 5.69 Å². The van der Waals surface area contributed by atoms with Gasteiger partial charge in [0.15, 0.2) is 0 Å². The minimum Gasteiger partial charge on any atom is -0.493 e. The van der Waals surface area contributed by atoms with Crippen molar-refractivity contribution in [2.75, 3.05) is 18.5 Å². The first-order valence-electron chi connectivity index (χ1n) is 10.7. The van der Waals surface area contributed by atoms with Crippen LogP contribution in [0.3, 0.4) is 0 Å². The molecule has 4 rings (SSSR count). The Labute approximate surface area is 192 Å². The van der Waals surface area contributed by atoms with Crippen LogP contribution in [0.25, 0.3) is 16.8 Å². The van der Waals surface area contributed by atoms with Gasteiger partial charge in [-0.1, -0.05) is 54.6 Å². The van der Waals surface area contributed by atoms with Crippen molar-refractivity contribution in [1.82, 2.24) is 10.5 Å². The molecular formula is C27H25N3O3. The van der Waals surface area contributed by atoms with E-state index in [1.807, 2.05) is 48.5 Å². The summed E-state index contributed by atoms with van der Waals surface area (Å²) in [6.45, 7) is 1.16. The number of aromatic nitrogens is 1. The van der Waals surface area contributed by atoms with E-state index < -0.39 is 5.91 Å². The number of rotatable bonds is 9. The highest BCUT2D eigenvalue weighted by Crippen LogP contribution is 2.25. The van der Waals surface area contributed by atoms with E-state index in [4.69, 9.17) is 9.94 Å². The highest BCUT2D eigenvalue weighted by Gasteiger charge is 2.06. The maximum atomic E-state index is 11.6. The predicted octanol–water partition coefficient (Wildman–Crippen LogP) is 5.32. The number of fused-ring (bicyclic) bond motifs is 1. The van der Waals surface area contributed by atoms with Gasteiger partial charge >= 0.3 is 0 Å². The lowest BCUT2D eigenvalue weighted by Gasteiger charge is -2.13. The highest BCUT2D eigenvalue weighted by atomic mass is 16.5. The lowest BCUT2D eigenvalue weighted by Crippen LogP contribution is -2.18. The number of nitrogens with zero attached hydrogens (tertiary/aromatic N) is 1. The van der Waals surface area contributed by atoms with Crippen LogP contribution in [-0.2, 0) is 0 Å². The van der Waals surface area contributed by atoms with Crippen LogP contribution in [0.15, 0.2) is 96.8 Å². The number of nitrogens with one attached hydrogen (secondary N) is 2. The van der Waals surface area contributed by atoms with Gasteiger partial charge in [-0.25, -0.2) is 5.48 Å². The minimum atomic E-state index is -0.535. The monoisotopic (exact) mass is 439 g/mol. The Kier molecular flexibility index (Phi) is 7.30. The van der Waals surface area contributed by atoms with Crippen LogP contribution in [-0.4, -0.2) is 29.3 Å². The number of hydroxylamine groups is 1. The molecule has 6 nitrogen and oxygen atoms in total. The smallest absolute Gasteiger partial charge is 0.274 e. The molecule has 0 spiro atoms. The molecular weight excluding hydrogens is 414 g/mol. The number of benzene rings is 3. The third-order valence-corrected chi connectivity index (χ3v) is 5.26. The van der Waals surface area contributed by atoms with Gasteiger partial charge in [0.05, 0.1) is 12.3 Å². The molecule has 0 fully saturated rings. The van der Waals surface area contributed by atoms with Crippen molar-refractivity contribution in [3.63, 3.8) is 0 Å². The zero-order valence-corrected chi connectivity index (χ0v) is 18.1. The number of pyridine rings is 1. The van der Waals surface area contributed by atoms with Gasteiger partial charge in [-0.3, -0.25) is 15.0 Å². The molecule has 166 valence electrons. The molecule has 0 unspecified atom stereocenters. The van der Waals surface area contributed by atoms with Crippen LogP contribution in [0.2, 0.25) is 0 Å². The Hall–Kier alpha value is -4.16. The molecule has 0 saturated carbocycles. The molecule has 1 amide bonds. The van der Waals surface area contributed by atoms with Gasteiger partial charge in [-0.05, 0) is 46.9 Å². The molecule has 0 radical (unpaired) electrons. The van der Waals surface area contributed by atoms with E-state index in [2.05, 4.69) is 34.6 Å². The lowest BCUT2D eigenvalue weighted by molar-refractivity contribution is 0.0706. The molecule has 0 aliphatic rings. The van der Waals surface area contributed by atoms with Crippen LogP contribution >= 0.6 is 0 Å². The second-order valence-corrected chi connectivity index (χ2v) is 7.54. The fourth-order valence-corrected chi connectivity index (χ4v) is 3.54. The SMILES string of the molecule is O=C(NO)c1ccc(C=C(CCOc2cccc3ccccc23)CNc2cccnc2)cc1. The molecule has 6 heteroatoms. The zero-order chi connectivity index (χ0) is 22.9. The van der Waals surface area contributed by atoms with Crippen LogP contribution in [0.1, 0.15) is 22.3 Å². The fraction of sp³-hybridized carbons (Fsp3) is 0.111. The largest absolute Gasteiger partial charge is 0.493 e. The maximum absolute atomic E-state index is 11.6. The van der Waals surface area contributed by atoms with E-state index in [0.29, 0.717) is 18.7 Å². The molecule has 3 aromatic carbocycles. The summed E-state index contributed by atoms with van der Waals surface area (Å²) >= 11 is 0. The minimum absolute atomic E-state index is 0.393. The summed E-state index contributed by atoms with van der Waals surface area (Å²) in [6, 6.07) is 25.2. The number of hydrogen-bond acceptors (Lipinski definition) is 5. The van der Waals surface area contributed by atoms with Gasteiger partial charge in [0, 0.05) is 36.3 Å². The third kappa shape index (κ3) is 5.96. The van der Waals surface area contributed by atoms with Crippen molar-refractivity contribution < 1.29 is 14.7 Å². The standard InChI is InChI=1S/C27H25N3O3/c31-27(30-32)23-12-10-20(11-13-23)17-21(18-29-24-7-4-15-28-19-24)14-16-33-26-9-3-6-22-5-1-2-8-25(22)26/h1-13,15,17,19,29,32H,14,16,18H2,(H,30,31). The van der Waals surface area contributed by atoms with E-state index in [1.165, 1.54) is 0 Å². The zero-order valence-electron chi connectivity index (χ0n) is 18.1. The lowest BCUT2D eigenvalue weighted by atomic mass is 10.1. The molecule has 1 heterocycles. The number of carbonyl (C=O) groups is 1. The molecule has 0 atom stereocenters. The Bertz CT molecular complexity index is 1230. The average Bonchev–Trinajstić information content (AvgIpc) is 2.88. The summed E-state index contributed by atoms with van der Waals surface area (Å²) in [5.41, 5.74) is 5.07. The van der Waals surface area contributed by atoms with Crippen molar-refractivity contribution in [2.24, 2.45) is 0 Å². The highest BCUT2D eigenvalue weighted by molar-refractivity contribution is 5.93. The topological polar surface area (TPSA) is 83.5 Å². The van der Waals surface area contributed by atoms with Crippen LogP contribution < -0.4 is 15.5 Å². The van der Waals surface area contributed by atoms with Crippen molar-refractivity contribution in [3.05, 3.63) is 108 Å². The average molecular weight is 440 g/mol. The first-order valence-corrected chi connectivity index (χ1v) is 10.7. The second kappa shape index (κ2) is 10.9. The van der Waals surface area contributed by atoms with Gasteiger partial charge in [0.2, 0.25) is 0 Å². The third-order valence-electron chi connectivity index (χ3n) is 5.26. The van der Waals surface area contributed by atoms with E-state index in [0.717, 1.165) is 39.8 Å². The number of amides is 1. The Morgan fingerprint density at radius 2 is 1.79 bits per heavy atom. The molecule has 0 bridgehead atoms. The maximum Gasteiger partial charge on any atom is 0.274 e. The molecule has 4 aromatic rings. The molecule has 0 saturated heterocycles. The van der Waals surface area contributed by atoms with Crippen molar-refractivity contribution in [2.45, 2.75) is 6.42 Å². The number of carbonyl (C=O) groups excluding carboxylic acids is 1. The van der Waals surface area contributed by atoms with Crippen LogP contribution in [0, 0.1) is 0 Å². The number of hydrogen-bond donors (Lipinski definition) is 3. The van der Waals surface area contributed by atoms with E-state index in [9.17, 15) is 4.79 Å². The van der Waals surface area contributed by atoms with E-state index >= 15 is 0 Å². The number of anilines is 1. The number of ether oxygens (including phenoxy) is 1. The Morgan fingerprint density at radius 1 is 0.970 bits per heavy atom. The van der Waals surface area contributed by atoms with Crippen LogP contribution in [0.5, 0.6) is 5.75 Å². The molecule has 0 aliphatic carbocycles. The Balaban J connectivity index is 1.48. The van der Waals surface area contributed by atoms with Crippen molar-refractivity contribution >= 4 is 28.4 Å². The van der Waals surface area contributed by atoms with Gasteiger partial charge in [-0.2, -0.15) is 0 Å². The quantitative estimate of drug-likeness (QED) is 0.243. The summed E-state index contributed by atoms with van der Waals surface area (Å²) < 4.78 is 6.14. The summed E-state index contributed by atoms with van der Waals surface area (Å²) in [6.07, 6.45) is 6.32. The van der Waals surface area contributed by atoms with Crippen molar-refractivity contribution in [1.29, 1.82) is 0 Å². The first-order chi connectivity index (χ1) is 16.2. The summed E-state index contributed by atoms with van der Waals surface area (Å²) in [5.74, 6) is 0.333. The molecule has 33 heavy (non-hydrogen) atoms. The Morgan fingerprint density at radius 3 is 2.58 bits per heavy atom. The van der Waals surface area contributed by atoms with Gasteiger partial charge in [-0.15, -0.1) is 0 Å². The normalized spacial score (nSPS) is 11.2. The van der Waals surface area contributed by atoms with Gasteiger partial charge in [0.25, 0.3) is 5.91 Å². The van der Waals surface area contributed by atoms with Gasteiger partial charge in [0.1, 0.15) is 5.75 Å². The first kappa shape index (κ1) is 22.0. The second-order valence-electron chi connectivity index (χ2n) is 7.54. The molecule has 3 N–H and O–H groups in total. The van der Waals surface area contributed by atoms with Crippen molar-refractivity contribution in [3.8, 4) is 5.75 Å². The fourth-order valence-electron chi connectivity index (χ4n) is 3.54. The van der Waals surface area contributed by atoms with E-state index in [1.54, 1.807) is 30.0 Å². The molecule has 1 aromatic heterocycles. The van der Waals surface area contributed by atoms with E-state index in [-0.39, 0.29) is 0 Å². The molecule has 0 aliphatic heterocycles. The predicted molar refractivity (Wildman–Crippen MR) is 130 cm³/mol. The summed E-state index contributed by atoms with van der Waals surface area (Å²) in [7, 11) is 0.